The van der Waals surface area contributed by atoms with Crippen molar-refractivity contribution in [2.75, 3.05) is 17.2 Å². The molecule has 0 spiro atoms. The molecule has 0 aliphatic carbocycles. The third-order valence-electron chi connectivity index (χ3n) is 3.20. The Balaban J connectivity index is 2.33. The van der Waals surface area contributed by atoms with E-state index in [2.05, 4.69) is 0 Å². The second-order valence-electron chi connectivity index (χ2n) is 4.30. The Morgan fingerprint density at radius 1 is 1.35 bits per heavy atom. The summed E-state index contributed by atoms with van der Waals surface area (Å²) in [4.78, 5) is 11.4. The zero-order valence-corrected chi connectivity index (χ0v) is 10.3. The van der Waals surface area contributed by atoms with E-state index in [1.165, 1.54) is 0 Å². The molecule has 5 heteroatoms. The van der Waals surface area contributed by atoms with Gasteiger partial charge in [-0.1, -0.05) is 17.2 Å². The number of nitrogens with two attached hydrogens (primary N) is 2. The van der Waals surface area contributed by atoms with E-state index in [0.717, 1.165) is 18.4 Å². The van der Waals surface area contributed by atoms with E-state index >= 15 is 0 Å². The molecule has 1 aliphatic rings. The number of rotatable bonds is 2. The Morgan fingerprint density at radius 3 is 2.59 bits per heavy atom. The van der Waals surface area contributed by atoms with Crippen molar-refractivity contribution in [3.8, 4) is 0 Å². The van der Waals surface area contributed by atoms with Gasteiger partial charge in [0.2, 0.25) is 5.91 Å². The summed E-state index contributed by atoms with van der Waals surface area (Å²) in [5, 5.41) is 0. The second kappa shape index (κ2) is 4.98. The van der Waals surface area contributed by atoms with Gasteiger partial charge < -0.3 is 16.0 Å². The molecule has 0 atom stereocenters. The van der Waals surface area contributed by atoms with Crippen molar-refractivity contribution in [1.29, 1.82) is 0 Å². The molecule has 1 aromatic rings. The van der Waals surface area contributed by atoms with E-state index in [1.54, 1.807) is 18.2 Å². The molecule has 92 valence electrons. The van der Waals surface area contributed by atoms with Crippen molar-refractivity contribution in [2.24, 2.45) is 5.73 Å². The maximum atomic E-state index is 11.4. The predicted molar refractivity (Wildman–Crippen MR) is 69.2 cm³/mol. The van der Waals surface area contributed by atoms with Crippen molar-refractivity contribution in [3.05, 3.63) is 29.3 Å². The van der Waals surface area contributed by atoms with Gasteiger partial charge in [0.1, 0.15) is 11.5 Å². The lowest BCUT2D eigenvalue weighted by Gasteiger charge is -2.26. The minimum atomic E-state index is -0.716. The van der Waals surface area contributed by atoms with Gasteiger partial charge in [-0.05, 0) is 36.5 Å². The standard InChI is InChI=1S/C12H16N2O2S/c13-10-3-1-2-9(12(14)15)11(10)8-4-6-17(16)7-5-8/h1-3,8H,4-7,13H2,(H2,14,15). The number of primary amides is 1. The quantitative estimate of drug-likeness (QED) is 0.607. The monoisotopic (exact) mass is 252 g/mol. The van der Waals surface area contributed by atoms with Crippen molar-refractivity contribution in [1.82, 2.24) is 0 Å². The number of anilines is 1. The SMILES string of the molecule is NC(=O)c1cccc(N)c1C1CC[S+]([O-])CC1. The van der Waals surface area contributed by atoms with E-state index < -0.39 is 17.1 Å². The molecule has 1 fully saturated rings. The molecule has 4 N–H and O–H groups in total. The molecule has 2 rings (SSSR count). The summed E-state index contributed by atoms with van der Waals surface area (Å²) < 4.78 is 11.3. The third-order valence-corrected chi connectivity index (χ3v) is 4.58. The minimum absolute atomic E-state index is 0.205. The van der Waals surface area contributed by atoms with Gasteiger partial charge in [0.05, 0.1) is 0 Å². The average Bonchev–Trinajstić information content (AvgIpc) is 2.30. The second-order valence-corrected chi connectivity index (χ2v) is 5.99. The molecule has 4 nitrogen and oxygen atoms in total. The fourth-order valence-corrected chi connectivity index (χ4v) is 3.63. The first-order valence-corrected chi connectivity index (χ1v) is 7.11. The summed E-state index contributed by atoms with van der Waals surface area (Å²) in [5.41, 5.74) is 13.3. The molecule has 17 heavy (non-hydrogen) atoms. The lowest BCUT2D eigenvalue weighted by Crippen LogP contribution is -2.25. The summed E-state index contributed by atoms with van der Waals surface area (Å²) in [7, 11) is 0. The van der Waals surface area contributed by atoms with E-state index in [0.29, 0.717) is 22.8 Å². The zero-order chi connectivity index (χ0) is 12.4. The van der Waals surface area contributed by atoms with Crippen LogP contribution in [0.25, 0.3) is 0 Å². The summed E-state index contributed by atoms with van der Waals surface area (Å²) in [6.45, 7) is 0. The van der Waals surface area contributed by atoms with Crippen LogP contribution in [0.4, 0.5) is 5.69 Å². The highest BCUT2D eigenvalue weighted by Crippen LogP contribution is 2.34. The van der Waals surface area contributed by atoms with Crippen LogP contribution < -0.4 is 11.5 Å². The highest BCUT2D eigenvalue weighted by atomic mass is 32.2. The summed E-state index contributed by atoms with van der Waals surface area (Å²) in [6, 6.07) is 5.23. The number of nitrogen functional groups attached to an aromatic ring is 1. The molecule has 1 aromatic carbocycles. The first kappa shape index (κ1) is 12.3. The van der Waals surface area contributed by atoms with Crippen LogP contribution in [0.2, 0.25) is 0 Å². The van der Waals surface area contributed by atoms with Crippen LogP contribution in [-0.4, -0.2) is 22.0 Å². The van der Waals surface area contributed by atoms with Crippen LogP contribution in [0.5, 0.6) is 0 Å². The fourth-order valence-electron chi connectivity index (χ4n) is 2.34. The van der Waals surface area contributed by atoms with Gasteiger partial charge in [-0.15, -0.1) is 0 Å². The largest absolute Gasteiger partial charge is 0.616 e. The van der Waals surface area contributed by atoms with Crippen LogP contribution in [-0.2, 0) is 11.2 Å². The Bertz CT molecular complexity index is 429. The third kappa shape index (κ3) is 2.56. The number of amides is 1. The van der Waals surface area contributed by atoms with Gasteiger partial charge in [-0.2, -0.15) is 0 Å². The molecule has 0 aromatic heterocycles. The topological polar surface area (TPSA) is 92.2 Å². The van der Waals surface area contributed by atoms with Gasteiger partial charge in [0.15, 0.2) is 0 Å². The van der Waals surface area contributed by atoms with Crippen molar-refractivity contribution < 1.29 is 9.35 Å². The number of benzene rings is 1. The smallest absolute Gasteiger partial charge is 0.249 e. The van der Waals surface area contributed by atoms with E-state index in [9.17, 15) is 9.35 Å². The molecular weight excluding hydrogens is 236 g/mol. The number of hydrogen-bond acceptors (Lipinski definition) is 3. The van der Waals surface area contributed by atoms with Crippen LogP contribution in [0.15, 0.2) is 18.2 Å². The molecule has 0 saturated carbocycles. The lowest BCUT2D eigenvalue weighted by molar-refractivity contribution is 0.0999. The lowest BCUT2D eigenvalue weighted by atomic mass is 9.88. The fraction of sp³-hybridized carbons (Fsp3) is 0.417. The molecular formula is C12H16N2O2S. The highest BCUT2D eigenvalue weighted by molar-refractivity contribution is 7.91. The molecule has 1 amide bonds. The van der Waals surface area contributed by atoms with Crippen LogP contribution in [0, 0.1) is 0 Å². The van der Waals surface area contributed by atoms with Gasteiger partial charge >= 0.3 is 0 Å². The molecule has 0 bridgehead atoms. The van der Waals surface area contributed by atoms with Gasteiger partial charge in [-0.25, -0.2) is 0 Å². The molecule has 0 radical (unpaired) electrons. The van der Waals surface area contributed by atoms with Crippen molar-refractivity contribution >= 4 is 22.8 Å². The van der Waals surface area contributed by atoms with E-state index in [4.69, 9.17) is 11.5 Å². The van der Waals surface area contributed by atoms with E-state index in [1.807, 2.05) is 0 Å². The van der Waals surface area contributed by atoms with Crippen molar-refractivity contribution in [2.45, 2.75) is 18.8 Å². The summed E-state index contributed by atoms with van der Waals surface area (Å²) in [5.74, 6) is 1.12. The Morgan fingerprint density at radius 2 is 2.00 bits per heavy atom. The van der Waals surface area contributed by atoms with Crippen LogP contribution >= 0.6 is 0 Å². The van der Waals surface area contributed by atoms with Crippen LogP contribution in [0.1, 0.15) is 34.7 Å². The maximum absolute atomic E-state index is 11.4. The average molecular weight is 252 g/mol. The Labute approximate surface area is 104 Å². The molecule has 1 saturated heterocycles. The van der Waals surface area contributed by atoms with Gasteiger partial charge in [0, 0.05) is 11.3 Å². The Hall–Kier alpha value is -1.20. The van der Waals surface area contributed by atoms with Gasteiger partial charge in [-0.3, -0.25) is 4.79 Å². The summed E-state index contributed by atoms with van der Waals surface area (Å²) in [6.07, 6.45) is 1.61. The number of carbonyl (C=O) groups is 1. The van der Waals surface area contributed by atoms with Crippen LogP contribution in [0.3, 0.4) is 0 Å². The maximum Gasteiger partial charge on any atom is 0.249 e. The highest BCUT2D eigenvalue weighted by Gasteiger charge is 2.27. The summed E-state index contributed by atoms with van der Waals surface area (Å²) >= 11 is -0.716. The van der Waals surface area contributed by atoms with Gasteiger partial charge in [0.25, 0.3) is 0 Å². The first-order chi connectivity index (χ1) is 8.09. The normalized spacial score (nSPS) is 24.5. The number of hydrogen-bond donors (Lipinski definition) is 2. The van der Waals surface area contributed by atoms with E-state index in [-0.39, 0.29) is 5.92 Å². The van der Waals surface area contributed by atoms with Crippen molar-refractivity contribution in [3.63, 3.8) is 0 Å². The predicted octanol–water partition coefficient (Wildman–Crippen LogP) is 0.994. The minimum Gasteiger partial charge on any atom is -0.616 e. The molecule has 1 heterocycles. The molecule has 1 aliphatic heterocycles. The first-order valence-electron chi connectivity index (χ1n) is 5.62. The zero-order valence-electron chi connectivity index (χ0n) is 9.52. The Kier molecular flexibility index (Phi) is 3.59. The molecule has 0 unspecified atom stereocenters. The number of carbonyl (C=O) groups excluding carboxylic acids is 1.